The second kappa shape index (κ2) is 6.69. The van der Waals surface area contributed by atoms with Gasteiger partial charge in [0.25, 0.3) is 0 Å². The number of nitrogens with zero attached hydrogens (tertiary/aromatic N) is 4. The molecule has 0 aliphatic rings. The zero-order valence-electron chi connectivity index (χ0n) is 11.5. The van der Waals surface area contributed by atoms with E-state index in [9.17, 15) is 0 Å². The quantitative estimate of drug-likeness (QED) is 0.531. The van der Waals surface area contributed by atoms with Gasteiger partial charge in [0.2, 0.25) is 5.16 Å². The highest BCUT2D eigenvalue weighted by Gasteiger charge is 2.04. The van der Waals surface area contributed by atoms with Gasteiger partial charge in [-0.2, -0.15) is 9.78 Å². The van der Waals surface area contributed by atoms with Crippen molar-refractivity contribution in [2.45, 2.75) is 17.8 Å². The minimum atomic E-state index is 0.796. The molecule has 6 heteroatoms. The Kier molecular flexibility index (Phi) is 4.47. The van der Waals surface area contributed by atoms with Crippen LogP contribution in [0, 0.1) is 6.92 Å². The molecule has 3 aromatic rings. The van der Waals surface area contributed by atoms with Crippen LogP contribution >= 0.6 is 23.1 Å². The molecule has 0 N–H and O–H groups in total. The van der Waals surface area contributed by atoms with Crippen LogP contribution in [0.3, 0.4) is 0 Å². The molecule has 0 saturated carbocycles. The molecule has 0 fully saturated rings. The highest BCUT2D eigenvalue weighted by molar-refractivity contribution is 7.98. The van der Waals surface area contributed by atoms with Crippen molar-refractivity contribution in [3.05, 3.63) is 64.1 Å². The maximum absolute atomic E-state index is 4.44. The van der Waals surface area contributed by atoms with Crippen molar-refractivity contribution in [1.82, 2.24) is 14.9 Å². The van der Waals surface area contributed by atoms with E-state index in [0.717, 1.165) is 15.8 Å². The maximum atomic E-state index is 4.44. The summed E-state index contributed by atoms with van der Waals surface area (Å²) in [5.41, 5.74) is 2.49. The number of thioether (sulfide) groups is 1. The van der Waals surface area contributed by atoms with Gasteiger partial charge < -0.3 is 0 Å². The van der Waals surface area contributed by atoms with E-state index < -0.39 is 0 Å². The summed E-state index contributed by atoms with van der Waals surface area (Å²) in [6, 6.07) is 12.4. The average Bonchev–Trinajstić information content (AvgIpc) is 3.13. The SMILES string of the molecule is Cc1ccsc1/C=N\n1cnnc1SCc1ccccc1. The van der Waals surface area contributed by atoms with Gasteiger partial charge in [-0.05, 0) is 29.5 Å². The van der Waals surface area contributed by atoms with Crippen LogP contribution in [0.2, 0.25) is 0 Å². The molecule has 0 radical (unpaired) electrons. The first kappa shape index (κ1) is 14.0. The Morgan fingerprint density at radius 1 is 1.29 bits per heavy atom. The van der Waals surface area contributed by atoms with Gasteiger partial charge in [0.1, 0.15) is 6.33 Å². The molecular formula is C15H14N4S2. The van der Waals surface area contributed by atoms with Crippen molar-refractivity contribution in [3.63, 3.8) is 0 Å². The van der Waals surface area contributed by atoms with Gasteiger partial charge >= 0.3 is 0 Å². The topological polar surface area (TPSA) is 43.1 Å². The van der Waals surface area contributed by atoms with Gasteiger partial charge in [0.15, 0.2) is 0 Å². The predicted octanol–water partition coefficient (Wildman–Crippen LogP) is 3.82. The molecule has 0 spiro atoms. The molecule has 4 nitrogen and oxygen atoms in total. The number of hydrogen-bond acceptors (Lipinski definition) is 5. The number of benzene rings is 1. The molecular weight excluding hydrogens is 300 g/mol. The fraction of sp³-hybridized carbons (Fsp3) is 0.133. The third-order valence-electron chi connectivity index (χ3n) is 2.91. The first-order valence-electron chi connectivity index (χ1n) is 6.48. The summed E-state index contributed by atoms with van der Waals surface area (Å²) in [4.78, 5) is 1.16. The van der Waals surface area contributed by atoms with Crippen molar-refractivity contribution < 1.29 is 0 Å². The van der Waals surface area contributed by atoms with Gasteiger partial charge in [0.05, 0.1) is 11.1 Å². The Hall–Kier alpha value is -1.92. The standard InChI is InChI=1S/C15H14N4S2/c1-12-7-8-20-14(12)9-17-19-11-16-18-15(19)21-10-13-5-3-2-4-6-13/h2-9,11H,10H2,1H3/b17-9-. The van der Waals surface area contributed by atoms with Crippen molar-refractivity contribution in [1.29, 1.82) is 0 Å². The van der Waals surface area contributed by atoms with E-state index >= 15 is 0 Å². The first-order valence-corrected chi connectivity index (χ1v) is 8.34. The molecule has 21 heavy (non-hydrogen) atoms. The lowest BCUT2D eigenvalue weighted by molar-refractivity contribution is 0.767. The molecule has 0 unspecified atom stereocenters. The summed E-state index contributed by atoms with van der Waals surface area (Å²) in [7, 11) is 0. The molecule has 0 saturated heterocycles. The second-order valence-corrected chi connectivity index (χ2v) is 6.33. The Morgan fingerprint density at radius 3 is 2.90 bits per heavy atom. The summed E-state index contributed by atoms with van der Waals surface area (Å²) >= 11 is 3.30. The number of aromatic nitrogens is 3. The lowest BCUT2D eigenvalue weighted by Gasteiger charge is -2.00. The van der Waals surface area contributed by atoms with E-state index in [1.54, 1.807) is 34.1 Å². The largest absolute Gasteiger partial charge is 0.212 e. The fourth-order valence-electron chi connectivity index (χ4n) is 1.75. The van der Waals surface area contributed by atoms with E-state index in [2.05, 4.69) is 45.8 Å². The average molecular weight is 314 g/mol. The van der Waals surface area contributed by atoms with Crippen molar-refractivity contribution in [2.24, 2.45) is 5.10 Å². The molecule has 0 atom stereocenters. The number of thiophene rings is 1. The molecule has 0 amide bonds. The van der Waals surface area contributed by atoms with Crippen molar-refractivity contribution in [2.75, 3.05) is 0 Å². The third-order valence-corrected chi connectivity index (χ3v) is 4.87. The lowest BCUT2D eigenvalue weighted by Crippen LogP contribution is -1.92. The molecule has 106 valence electrons. The normalized spacial score (nSPS) is 11.3. The van der Waals surface area contributed by atoms with Gasteiger partial charge in [0, 0.05) is 5.75 Å². The van der Waals surface area contributed by atoms with Crippen molar-refractivity contribution in [3.8, 4) is 0 Å². The molecule has 1 aromatic carbocycles. The van der Waals surface area contributed by atoms with E-state index in [4.69, 9.17) is 0 Å². The molecule has 0 aliphatic heterocycles. The number of aryl methyl sites for hydroxylation is 1. The van der Waals surface area contributed by atoms with E-state index in [-0.39, 0.29) is 0 Å². The molecule has 0 aliphatic carbocycles. The van der Waals surface area contributed by atoms with Gasteiger partial charge in [-0.3, -0.25) is 0 Å². The van der Waals surface area contributed by atoms with Crippen LogP contribution in [0.25, 0.3) is 0 Å². The van der Waals surface area contributed by atoms with Crippen LogP contribution in [0.15, 0.2) is 58.4 Å². The van der Waals surface area contributed by atoms with Crippen LogP contribution in [0.1, 0.15) is 16.0 Å². The molecule has 2 heterocycles. The van der Waals surface area contributed by atoms with Gasteiger partial charge in [-0.1, -0.05) is 42.1 Å². The highest BCUT2D eigenvalue weighted by atomic mass is 32.2. The first-order chi connectivity index (χ1) is 10.3. The fourth-order valence-corrected chi connectivity index (χ4v) is 3.35. The summed E-state index contributed by atoms with van der Waals surface area (Å²) in [5.74, 6) is 0.854. The van der Waals surface area contributed by atoms with Crippen LogP contribution in [0.5, 0.6) is 0 Å². The molecule has 2 aromatic heterocycles. The van der Waals surface area contributed by atoms with E-state index in [0.29, 0.717) is 0 Å². The van der Waals surface area contributed by atoms with Crippen LogP contribution in [-0.4, -0.2) is 21.1 Å². The summed E-state index contributed by atoms with van der Waals surface area (Å²) in [6.07, 6.45) is 3.49. The Morgan fingerprint density at radius 2 is 2.14 bits per heavy atom. The van der Waals surface area contributed by atoms with Gasteiger partial charge in [-0.25, -0.2) is 0 Å². The third kappa shape index (κ3) is 3.59. The van der Waals surface area contributed by atoms with Crippen molar-refractivity contribution >= 4 is 29.3 Å². The summed E-state index contributed by atoms with van der Waals surface area (Å²) < 4.78 is 1.72. The Balaban J connectivity index is 1.69. The predicted molar refractivity (Wildman–Crippen MR) is 88.1 cm³/mol. The summed E-state index contributed by atoms with van der Waals surface area (Å²) in [5, 5.41) is 15.4. The minimum absolute atomic E-state index is 0.796. The van der Waals surface area contributed by atoms with Crippen LogP contribution in [-0.2, 0) is 5.75 Å². The lowest BCUT2D eigenvalue weighted by atomic mass is 10.2. The second-order valence-electron chi connectivity index (χ2n) is 4.44. The Labute approximate surface area is 131 Å². The van der Waals surface area contributed by atoms with E-state index in [1.807, 2.05) is 24.4 Å². The number of hydrogen-bond donors (Lipinski definition) is 0. The molecule has 3 rings (SSSR count). The maximum Gasteiger partial charge on any atom is 0.212 e. The molecule has 0 bridgehead atoms. The van der Waals surface area contributed by atoms with E-state index in [1.165, 1.54) is 11.1 Å². The monoisotopic (exact) mass is 314 g/mol. The van der Waals surface area contributed by atoms with Crippen LogP contribution in [0.4, 0.5) is 0 Å². The summed E-state index contributed by atoms with van der Waals surface area (Å²) in [6.45, 7) is 2.08. The smallest absolute Gasteiger partial charge is 0.195 e. The highest BCUT2D eigenvalue weighted by Crippen LogP contribution is 2.20. The van der Waals surface area contributed by atoms with Gasteiger partial charge in [-0.15, -0.1) is 21.5 Å². The number of rotatable bonds is 5. The Bertz CT molecular complexity index is 731. The zero-order valence-corrected chi connectivity index (χ0v) is 13.1. The zero-order chi connectivity index (χ0) is 14.5. The van der Waals surface area contributed by atoms with Crippen LogP contribution < -0.4 is 0 Å². The minimum Gasteiger partial charge on any atom is -0.195 e.